The van der Waals surface area contributed by atoms with Gasteiger partial charge in [0.05, 0.1) is 0 Å². The summed E-state index contributed by atoms with van der Waals surface area (Å²) in [6.07, 6.45) is 5.80. The second-order valence-electron chi connectivity index (χ2n) is 5.85. The molecule has 2 amide bonds. The summed E-state index contributed by atoms with van der Waals surface area (Å²) < 4.78 is 0.940. The number of carbonyl (C=O) groups is 2. The molecule has 5 nitrogen and oxygen atoms in total. The van der Waals surface area contributed by atoms with E-state index in [4.69, 9.17) is 0 Å². The van der Waals surface area contributed by atoms with Crippen molar-refractivity contribution in [3.63, 3.8) is 0 Å². The highest BCUT2D eigenvalue weighted by atomic mass is 79.9. The Hall–Kier alpha value is -2.21. The Morgan fingerprint density at radius 3 is 2.46 bits per heavy atom. The van der Waals surface area contributed by atoms with Crippen LogP contribution < -0.4 is 10.6 Å². The maximum absolute atomic E-state index is 12.3. The number of aromatic nitrogens is 1. The zero-order valence-corrected chi connectivity index (χ0v) is 14.7. The van der Waals surface area contributed by atoms with Crippen LogP contribution in [0, 0.1) is 0 Å². The van der Waals surface area contributed by atoms with Gasteiger partial charge in [-0.3, -0.25) is 14.6 Å². The van der Waals surface area contributed by atoms with Crippen molar-refractivity contribution in [2.24, 2.45) is 0 Å². The van der Waals surface area contributed by atoms with Gasteiger partial charge in [-0.25, -0.2) is 0 Å². The van der Waals surface area contributed by atoms with Gasteiger partial charge in [-0.1, -0.05) is 28.8 Å². The number of benzene rings is 1. The number of anilines is 1. The zero-order chi connectivity index (χ0) is 16.9. The van der Waals surface area contributed by atoms with E-state index in [1.165, 1.54) is 12.3 Å². The quantitative estimate of drug-likeness (QED) is 0.838. The second-order valence-corrected chi connectivity index (χ2v) is 6.76. The summed E-state index contributed by atoms with van der Waals surface area (Å²) in [6.45, 7) is 0. The molecular formula is C18H18BrN3O2. The maximum atomic E-state index is 12.3. The fourth-order valence-electron chi connectivity index (χ4n) is 2.76. The first-order chi connectivity index (χ1) is 11.6. The monoisotopic (exact) mass is 387 g/mol. The van der Waals surface area contributed by atoms with Gasteiger partial charge in [0.1, 0.15) is 5.69 Å². The van der Waals surface area contributed by atoms with Gasteiger partial charge in [0.2, 0.25) is 0 Å². The first-order valence-electron chi connectivity index (χ1n) is 7.95. The Balaban J connectivity index is 1.68. The van der Waals surface area contributed by atoms with Crippen LogP contribution in [0.5, 0.6) is 0 Å². The number of hydrogen-bond donors (Lipinski definition) is 2. The Morgan fingerprint density at radius 1 is 1.04 bits per heavy atom. The number of amides is 2. The van der Waals surface area contributed by atoms with E-state index in [0.717, 1.165) is 30.2 Å². The minimum absolute atomic E-state index is 0.222. The van der Waals surface area contributed by atoms with E-state index in [0.29, 0.717) is 11.3 Å². The number of rotatable bonds is 4. The summed E-state index contributed by atoms with van der Waals surface area (Å²) in [5, 5.41) is 5.78. The number of hydrogen-bond acceptors (Lipinski definition) is 3. The number of nitrogens with zero attached hydrogens (tertiary/aromatic N) is 1. The van der Waals surface area contributed by atoms with Crippen LogP contribution in [-0.4, -0.2) is 22.8 Å². The van der Waals surface area contributed by atoms with Crippen LogP contribution in [0.1, 0.15) is 46.5 Å². The average Bonchev–Trinajstić information content (AvgIpc) is 3.10. The van der Waals surface area contributed by atoms with E-state index in [9.17, 15) is 9.59 Å². The summed E-state index contributed by atoms with van der Waals surface area (Å²) in [5.74, 6) is -0.491. The maximum Gasteiger partial charge on any atom is 0.270 e. The number of pyridine rings is 1. The van der Waals surface area contributed by atoms with Crippen LogP contribution in [0.15, 0.2) is 47.1 Å². The Morgan fingerprint density at radius 2 is 1.75 bits per heavy atom. The smallest absolute Gasteiger partial charge is 0.270 e. The first kappa shape index (κ1) is 16.6. The summed E-state index contributed by atoms with van der Waals surface area (Å²) in [4.78, 5) is 28.7. The van der Waals surface area contributed by atoms with Crippen LogP contribution in [0.3, 0.4) is 0 Å². The molecule has 0 bridgehead atoms. The minimum Gasteiger partial charge on any atom is -0.348 e. The van der Waals surface area contributed by atoms with Gasteiger partial charge in [0.15, 0.2) is 0 Å². The van der Waals surface area contributed by atoms with Crippen molar-refractivity contribution in [3.05, 3.63) is 58.3 Å². The molecule has 0 unspecified atom stereocenters. The van der Waals surface area contributed by atoms with Gasteiger partial charge in [-0.15, -0.1) is 0 Å². The molecule has 1 heterocycles. The van der Waals surface area contributed by atoms with Crippen molar-refractivity contribution in [3.8, 4) is 0 Å². The Bertz CT molecular complexity index is 740. The zero-order valence-electron chi connectivity index (χ0n) is 13.1. The molecule has 0 aliphatic heterocycles. The van der Waals surface area contributed by atoms with Crippen LogP contribution in [0.25, 0.3) is 0 Å². The molecule has 3 rings (SSSR count). The van der Waals surface area contributed by atoms with Crippen molar-refractivity contribution in [2.75, 3.05) is 5.32 Å². The molecular weight excluding hydrogens is 370 g/mol. The fraction of sp³-hybridized carbons (Fsp3) is 0.278. The van der Waals surface area contributed by atoms with E-state index < -0.39 is 0 Å². The Labute approximate surface area is 149 Å². The first-order valence-corrected chi connectivity index (χ1v) is 8.75. The van der Waals surface area contributed by atoms with E-state index in [1.807, 2.05) is 12.1 Å². The molecule has 6 heteroatoms. The molecule has 0 radical (unpaired) electrons. The van der Waals surface area contributed by atoms with E-state index >= 15 is 0 Å². The summed E-state index contributed by atoms with van der Waals surface area (Å²) in [7, 11) is 0. The molecule has 1 aliphatic carbocycles. The van der Waals surface area contributed by atoms with Gasteiger partial charge >= 0.3 is 0 Å². The van der Waals surface area contributed by atoms with E-state index in [2.05, 4.69) is 31.5 Å². The van der Waals surface area contributed by atoms with Crippen molar-refractivity contribution >= 4 is 33.4 Å². The molecule has 2 aromatic rings. The molecule has 2 N–H and O–H groups in total. The fourth-order valence-corrected chi connectivity index (χ4v) is 3.03. The molecule has 124 valence electrons. The van der Waals surface area contributed by atoms with Crippen molar-refractivity contribution in [1.82, 2.24) is 10.3 Å². The number of nitrogens with one attached hydrogen (secondary N) is 2. The predicted molar refractivity (Wildman–Crippen MR) is 96.1 cm³/mol. The average molecular weight is 388 g/mol. The lowest BCUT2D eigenvalue weighted by molar-refractivity contribution is 0.0933. The summed E-state index contributed by atoms with van der Waals surface area (Å²) in [6, 6.07) is 10.7. The molecule has 1 aliphatic rings. The SMILES string of the molecule is O=C(Nc1ccc(Br)cc1)c1ccnc(C(=O)NC2CCCC2)c1. The lowest BCUT2D eigenvalue weighted by Gasteiger charge is -2.12. The molecule has 1 fully saturated rings. The van der Waals surface area contributed by atoms with Crippen LogP contribution in [0.4, 0.5) is 5.69 Å². The van der Waals surface area contributed by atoms with Gasteiger partial charge in [0.25, 0.3) is 11.8 Å². The number of carbonyl (C=O) groups excluding carboxylic acids is 2. The lowest BCUT2D eigenvalue weighted by Crippen LogP contribution is -2.33. The Kier molecular flexibility index (Phi) is 5.25. The third kappa shape index (κ3) is 4.20. The summed E-state index contributed by atoms with van der Waals surface area (Å²) >= 11 is 3.35. The predicted octanol–water partition coefficient (Wildman–Crippen LogP) is 3.77. The molecule has 0 saturated heterocycles. The third-order valence-corrected chi connectivity index (χ3v) is 4.58. The van der Waals surface area contributed by atoms with Gasteiger partial charge < -0.3 is 10.6 Å². The topological polar surface area (TPSA) is 71.1 Å². The summed E-state index contributed by atoms with van der Waals surface area (Å²) in [5.41, 5.74) is 1.37. The highest BCUT2D eigenvalue weighted by Gasteiger charge is 2.19. The highest BCUT2D eigenvalue weighted by molar-refractivity contribution is 9.10. The standard InChI is InChI=1S/C18H18BrN3O2/c19-13-5-7-15(8-6-13)21-17(23)12-9-10-20-16(11-12)18(24)22-14-3-1-2-4-14/h5-11,14H,1-4H2,(H,21,23)(H,22,24). The second kappa shape index (κ2) is 7.57. The van der Waals surface area contributed by atoms with Gasteiger partial charge in [-0.2, -0.15) is 0 Å². The van der Waals surface area contributed by atoms with Crippen LogP contribution in [0.2, 0.25) is 0 Å². The third-order valence-electron chi connectivity index (χ3n) is 4.05. The minimum atomic E-state index is -0.269. The van der Waals surface area contributed by atoms with Crippen molar-refractivity contribution < 1.29 is 9.59 Å². The molecule has 1 aromatic carbocycles. The van der Waals surface area contributed by atoms with Gasteiger partial charge in [0, 0.05) is 28.0 Å². The van der Waals surface area contributed by atoms with Crippen LogP contribution >= 0.6 is 15.9 Å². The molecule has 1 saturated carbocycles. The van der Waals surface area contributed by atoms with Crippen LogP contribution in [-0.2, 0) is 0 Å². The molecule has 0 atom stereocenters. The van der Waals surface area contributed by atoms with E-state index in [1.54, 1.807) is 18.2 Å². The van der Waals surface area contributed by atoms with Crippen molar-refractivity contribution in [2.45, 2.75) is 31.7 Å². The molecule has 0 spiro atoms. The molecule has 24 heavy (non-hydrogen) atoms. The number of halogens is 1. The largest absolute Gasteiger partial charge is 0.348 e. The normalized spacial score (nSPS) is 14.4. The van der Waals surface area contributed by atoms with E-state index in [-0.39, 0.29) is 23.6 Å². The van der Waals surface area contributed by atoms with Gasteiger partial charge in [-0.05, 0) is 49.2 Å². The molecule has 1 aromatic heterocycles. The highest BCUT2D eigenvalue weighted by Crippen LogP contribution is 2.18. The van der Waals surface area contributed by atoms with Crippen molar-refractivity contribution in [1.29, 1.82) is 0 Å². The lowest BCUT2D eigenvalue weighted by atomic mass is 10.2.